The van der Waals surface area contributed by atoms with E-state index >= 15 is 0 Å². The van der Waals surface area contributed by atoms with Crippen LogP contribution in [0.5, 0.6) is 5.88 Å². The molecule has 1 unspecified atom stereocenters. The normalized spacial score (nSPS) is 17.3. The molecular formula is C21H15Cl3N2O2. The smallest absolute Gasteiger partial charge is 0.223 e. The molecule has 0 aliphatic carbocycles. The second-order valence-corrected chi connectivity index (χ2v) is 7.83. The Morgan fingerprint density at radius 1 is 0.964 bits per heavy atom. The molecule has 0 radical (unpaired) electrons. The van der Waals surface area contributed by atoms with Gasteiger partial charge in [-0.25, -0.2) is 4.98 Å². The summed E-state index contributed by atoms with van der Waals surface area (Å²) in [5.41, 5.74) is 4.28. The van der Waals surface area contributed by atoms with Crippen LogP contribution in [0.15, 0.2) is 53.7 Å². The van der Waals surface area contributed by atoms with E-state index in [4.69, 9.17) is 44.5 Å². The molecule has 0 saturated heterocycles. The van der Waals surface area contributed by atoms with Gasteiger partial charge in [-0.2, -0.15) is 0 Å². The summed E-state index contributed by atoms with van der Waals surface area (Å²) in [6.45, 7) is 1.90. The average Bonchev–Trinajstić information content (AvgIpc) is 2.67. The Kier molecular flexibility index (Phi) is 5.19. The molecule has 0 bridgehead atoms. The number of nitrogens with zero attached hydrogens (tertiary/aromatic N) is 2. The molecule has 0 fully saturated rings. The van der Waals surface area contributed by atoms with Crippen LogP contribution in [-0.4, -0.2) is 22.0 Å². The SMILES string of the molecule is CC1C/C(=N\O)c2cc(-c3ccc(Cl)cc3)c(-c3ccc(Cl)cc3Cl)nc2O1. The third-order valence-corrected chi connectivity index (χ3v) is 5.35. The molecule has 1 aliphatic heterocycles. The summed E-state index contributed by atoms with van der Waals surface area (Å²) in [7, 11) is 0. The van der Waals surface area contributed by atoms with Crippen LogP contribution < -0.4 is 4.74 Å². The number of hydrogen-bond acceptors (Lipinski definition) is 4. The Labute approximate surface area is 177 Å². The quantitative estimate of drug-likeness (QED) is 0.360. The Balaban J connectivity index is 2.00. The Bertz CT molecular complexity index is 1080. The molecule has 4 nitrogen and oxygen atoms in total. The third kappa shape index (κ3) is 3.55. The van der Waals surface area contributed by atoms with Gasteiger partial charge in [0.2, 0.25) is 5.88 Å². The van der Waals surface area contributed by atoms with E-state index in [0.717, 1.165) is 16.7 Å². The topological polar surface area (TPSA) is 54.7 Å². The fourth-order valence-corrected chi connectivity index (χ4v) is 3.86. The lowest BCUT2D eigenvalue weighted by atomic mass is 9.94. The summed E-state index contributed by atoms with van der Waals surface area (Å²) in [5, 5.41) is 14.6. The minimum absolute atomic E-state index is 0.152. The fraction of sp³-hybridized carbons (Fsp3) is 0.143. The zero-order chi connectivity index (χ0) is 19.8. The largest absolute Gasteiger partial charge is 0.474 e. The summed E-state index contributed by atoms with van der Waals surface area (Å²) >= 11 is 18.6. The molecule has 3 aromatic rings. The van der Waals surface area contributed by atoms with Crippen LogP contribution in [0.2, 0.25) is 15.1 Å². The first-order chi connectivity index (χ1) is 13.5. The van der Waals surface area contributed by atoms with E-state index in [1.165, 1.54) is 0 Å². The van der Waals surface area contributed by atoms with E-state index < -0.39 is 0 Å². The summed E-state index contributed by atoms with van der Waals surface area (Å²) in [5.74, 6) is 0.408. The second kappa shape index (κ2) is 7.63. The average molecular weight is 434 g/mol. The van der Waals surface area contributed by atoms with Crippen molar-refractivity contribution in [3.8, 4) is 28.3 Å². The molecule has 4 rings (SSSR count). The standard InChI is InChI=1S/C21H15Cl3N2O2/c1-11-8-19(26-27)17-10-16(12-2-4-13(22)5-3-12)20(25-21(17)28-11)15-7-6-14(23)9-18(15)24/h2-7,9-11,27H,8H2,1H3/b26-19+. The third-order valence-electron chi connectivity index (χ3n) is 4.55. The van der Waals surface area contributed by atoms with Gasteiger partial charge in [-0.3, -0.25) is 0 Å². The van der Waals surface area contributed by atoms with Crippen LogP contribution in [0, 0.1) is 0 Å². The number of hydrogen-bond donors (Lipinski definition) is 1. The van der Waals surface area contributed by atoms with E-state index in [9.17, 15) is 5.21 Å². The van der Waals surface area contributed by atoms with Crippen LogP contribution in [0.4, 0.5) is 0 Å². The highest BCUT2D eigenvalue weighted by molar-refractivity contribution is 6.36. The van der Waals surface area contributed by atoms with Crippen molar-refractivity contribution >= 4 is 40.5 Å². The molecule has 1 aromatic heterocycles. The van der Waals surface area contributed by atoms with Crippen LogP contribution >= 0.6 is 34.8 Å². The van der Waals surface area contributed by atoms with Crippen molar-refractivity contribution in [1.82, 2.24) is 4.98 Å². The number of ether oxygens (including phenoxy) is 1. The minimum atomic E-state index is -0.152. The lowest BCUT2D eigenvalue weighted by molar-refractivity contribution is 0.209. The first kappa shape index (κ1) is 19.1. The van der Waals surface area contributed by atoms with E-state index in [1.54, 1.807) is 12.1 Å². The zero-order valence-electron chi connectivity index (χ0n) is 14.8. The van der Waals surface area contributed by atoms with Gasteiger partial charge >= 0.3 is 0 Å². The van der Waals surface area contributed by atoms with Crippen molar-refractivity contribution in [3.63, 3.8) is 0 Å². The van der Waals surface area contributed by atoms with Crippen molar-refractivity contribution in [2.45, 2.75) is 19.4 Å². The van der Waals surface area contributed by atoms with Crippen LogP contribution in [-0.2, 0) is 0 Å². The number of oxime groups is 1. The highest BCUT2D eigenvalue weighted by Gasteiger charge is 2.27. The summed E-state index contributed by atoms with van der Waals surface area (Å²) < 4.78 is 5.91. The van der Waals surface area contributed by atoms with Crippen molar-refractivity contribution in [1.29, 1.82) is 0 Å². The number of fused-ring (bicyclic) bond motifs is 1. The Hall–Kier alpha value is -2.27. The molecule has 0 amide bonds. The van der Waals surface area contributed by atoms with Gasteiger partial charge in [0.25, 0.3) is 0 Å². The van der Waals surface area contributed by atoms with Crippen molar-refractivity contribution in [2.24, 2.45) is 5.16 Å². The maximum atomic E-state index is 9.47. The maximum Gasteiger partial charge on any atom is 0.223 e. The van der Waals surface area contributed by atoms with Crippen LogP contribution in [0.3, 0.4) is 0 Å². The van der Waals surface area contributed by atoms with Gasteiger partial charge in [0.05, 0.1) is 22.0 Å². The van der Waals surface area contributed by atoms with Crippen LogP contribution in [0.25, 0.3) is 22.4 Å². The molecule has 0 spiro atoms. The van der Waals surface area contributed by atoms with Crippen molar-refractivity contribution in [2.75, 3.05) is 0 Å². The predicted octanol–water partition coefficient (Wildman–Crippen LogP) is 6.73. The molecule has 1 aliphatic rings. The van der Waals surface area contributed by atoms with Gasteiger partial charge < -0.3 is 9.94 Å². The fourth-order valence-electron chi connectivity index (χ4n) is 3.24. The van der Waals surface area contributed by atoms with Crippen molar-refractivity contribution in [3.05, 3.63) is 69.2 Å². The highest BCUT2D eigenvalue weighted by Crippen LogP contribution is 2.40. The molecule has 7 heteroatoms. The summed E-state index contributed by atoms with van der Waals surface area (Å²) in [4.78, 5) is 4.75. The molecule has 2 heterocycles. The zero-order valence-corrected chi connectivity index (χ0v) is 17.1. The minimum Gasteiger partial charge on any atom is -0.474 e. The van der Waals surface area contributed by atoms with Crippen LogP contribution in [0.1, 0.15) is 18.9 Å². The van der Waals surface area contributed by atoms with Gasteiger partial charge in [0.15, 0.2) is 0 Å². The molecular weight excluding hydrogens is 419 g/mol. The molecule has 1 atom stereocenters. The molecule has 0 saturated carbocycles. The molecule has 142 valence electrons. The highest BCUT2D eigenvalue weighted by atomic mass is 35.5. The number of aromatic nitrogens is 1. The van der Waals surface area contributed by atoms with Gasteiger partial charge in [0.1, 0.15) is 6.10 Å². The second-order valence-electron chi connectivity index (χ2n) is 6.55. The van der Waals surface area contributed by atoms with E-state index in [2.05, 4.69) is 5.16 Å². The van der Waals surface area contributed by atoms with Crippen molar-refractivity contribution < 1.29 is 9.94 Å². The van der Waals surface area contributed by atoms with Gasteiger partial charge in [-0.05, 0) is 48.9 Å². The first-order valence-electron chi connectivity index (χ1n) is 8.60. The molecule has 2 aromatic carbocycles. The number of benzene rings is 2. The van der Waals surface area contributed by atoms with Gasteiger partial charge in [-0.15, -0.1) is 0 Å². The van der Waals surface area contributed by atoms with E-state index in [-0.39, 0.29) is 6.10 Å². The molecule has 28 heavy (non-hydrogen) atoms. The maximum absolute atomic E-state index is 9.47. The first-order valence-corrected chi connectivity index (χ1v) is 9.74. The van der Waals surface area contributed by atoms with E-state index in [0.29, 0.717) is 44.3 Å². The predicted molar refractivity (Wildman–Crippen MR) is 113 cm³/mol. The summed E-state index contributed by atoms with van der Waals surface area (Å²) in [6, 6.07) is 14.6. The monoisotopic (exact) mass is 432 g/mol. The lowest BCUT2D eigenvalue weighted by Crippen LogP contribution is -2.25. The Morgan fingerprint density at radius 3 is 2.36 bits per heavy atom. The number of pyridine rings is 1. The number of rotatable bonds is 2. The van der Waals surface area contributed by atoms with Gasteiger partial charge in [-0.1, -0.05) is 52.1 Å². The van der Waals surface area contributed by atoms with E-state index in [1.807, 2.05) is 43.3 Å². The molecule has 1 N–H and O–H groups in total. The van der Waals surface area contributed by atoms with Gasteiger partial charge in [0, 0.05) is 27.6 Å². The Morgan fingerprint density at radius 2 is 1.68 bits per heavy atom. The summed E-state index contributed by atoms with van der Waals surface area (Å²) in [6.07, 6.45) is 0.340. The number of halogens is 3. The lowest BCUT2D eigenvalue weighted by Gasteiger charge is -2.25.